The third kappa shape index (κ3) is 3.08. The predicted octanol–water partition coefficient (Wildman–Crippen LogP) is 2.44. The van der Waals surface area contributed by atoms with Gasteiger partial charge in [-0.2, -0.15) is 5.01 Å². The first-order valence-electron chi connectivity index (χ1n) is 6.92. The van der Waals surface area contributed by atoms with Crippen LogP contribution >= 0.6 is 0 Å². The third-order valence-corrected chi connectivity index (χ3v) is 3.10. The first-order chi connectivity index (χ1) is 11.0. The average molecular weight is 314 g/mol. The van der Waals surface area contributed by atoms with Crippen molar-refractivity contribution in [2.45, 2.75) is 20.1 Å². The SMILES string of the molecule is CC(=O)Oc1cccc(C2OC(c3ccco3)=NN2C(C)=O)c1. The van der Waals surface area contributed by atoms with Crippen molar-refractivity contribution < 1.29 is 23.5 Å². The lowest BCUT2D eigenvalue weighted by atomic mass is 10.2. The highest BCUT2D eigenvalue weighted by Gasteiger charge is 2.34. The van der Waals surface area contributed by atoms with Crippen LogP contribution in [0.2, 0.25) is 0 Å². The van der Waals surface area contributed by atoms with Crippen molar-refractivity contribution in [1.82, 2.24) is 5.01 Å². The summed E-state index contributed by atoms with van der Waals surface area (Å²) < 4.78 is 16.0. The number of hydrogen-bond donors (Lipinski definition) is 0. The molecule has 0 radical (unpaired) electrons. The molecular weight excluding hydrogens is 300 g/mol. The lowest BCUT2D eigenvalue weighted by molar-refractivity contribution is -0.135. The van der Waals surface area contributed by atoms with E-state index < -0.39 is 12.2 Å². The van der Waals surface area contributed by atoms with Crippen molar-refractivity contribution in [3.63, 3.8) is 0 Å². The van der Waals surface area contributed by atoms with E-state index in [2.05, 4.69) is 5.10 Å². The maximum absolute atomic E-state index is 11.8. The van der Waals surface area contributed by atoms with Gasteiger partial charge < -0.3 is 13.9 Å². The van der Waals surface area contributed by atoms with Crippen LogP contribution in [0.1, 0.15) is 31.4 Å². The van der Waals surface area contributed by atoms with E-state index in [9.17, 15) is 9.59 Å². The third-order valence-electron chi connectivity index (χ3n) is 3.10. The number of carbonyl (C=O) groups is 2. The van der Waals surface area contributed by atoms with Gasteiger partial charge in [-0.1, -0.05) is 12.1 Å². The minimum absolute atomic E-state index is 0.216. The minimum atomic E-state index is -0.747. The second-order valence-corrected chi connectivity index (χ2v) is 4.88. The Morgan fingerprint density at radius 1 is 1.22 bits per heavy atom. The number of nitrogens with zero attached hydrogens (tertiary/aromatic N) is 2. The average Bonchev–Trinajstić information content (AvgIpc) is 3.16. The van der Waals surface area contributed by atoms with Crippen LogP contribution < -0.4 is 4.74 Å². The van der Waals surface area contributed by atoms with E-state index in [0.29, 0.717) is 17.1 Å². The van der Waals surface area contributed by atoms with Gasteiger partial charge in [0.25, 0.3) is 5.90 Å². The molecule has 1 unspecified atom stereocenters. The fourth-order valence-corrected chi connectivity index (χ4v) is 2.18. The molecule has 1 aromatic carbocycles. The quantitative estimate of drug-likeness (QED) is 0.642. The molecule has 0 bridgehead atoms. The lowest BCUT2D eigenvalue weighted by Crippen LogP contribution is -2.25. The van der Waals surface area contributed by atoms with Crippen molar-refractivity contribution in [3.8, 4) is 5.75 Å². The summed E-state index contributed by atoms with van der Waals surface area (Å²) in [6.45, 7) is 2.71. The number of esters is 1. The normalized spacial score (nSPS) is 16.7. The molecule has 0 spiro atoms. The molecule has 1 amide bonds. The second kappa shape index (κ2) is 5.96. The molecule has 1 atom stereocenters. The highest BCUT2D eigenvalue weighted by molar-refractivity contribution is 5.93. The number of rotatable bonds is 3. The summed E-state index contributed by atoms with van der Waals surface area (Å²) in [6.07, 6.45) is 0.747. The van der Waals surface area contributed by atoms with Crippen LogP contribution in [0.5, 0.6) is 5.75 Å². The summed E-state index contributed by atoms with van der Waals surface area (Å²) >= 11 is 0. The first-order valence-corrected chi connectivity index (χ1v) is 6.92. The van der Waals surface area contributed by atoms with Gasteiger partial charge in [0.2, 0.25) is 12.1 Å². The number of benzene rings is 1. The molecule has 118 valence electrons. The van der Waals surface area contributed by atoms with E-state index in [-0.39, 0.29) is 11.8 Å². The van der Waals surface area contributed by atoms with Gasteiger partial charge in [0.1, 0.15) is 5.75 Å². The largest absolute Gasteiger partial charge is 0.459 e. The lowest BCUT2D eigenvalue weighted by Gasteiger charge is -2.19. The van der Waals surface area contributed by atoms with Crippen molar-refractivity contribution >= 4 is 17.8 Å². The van der Waals surface area contributed by atoms with Crippen LogP contribution in [-0.4, -0.2) is 22.8 Å². The van der Waals surface area contributed by atoms with E-state index in [0.717, 1.165) is 0 Å². The Kier molecular flexibility index (Phi) is 3.84. The van der Waals surface area contributed by atoms with E-state index in [4.69, 9.17) is 13.9 Å². The molecule has 0 fully saturated rings. The van der Waals surface area contributed by atoms with Gasteiger partial charge in [-0.3, -0.25) is 9.59 Å². The Bertz CT molecular complexity index is 767. The van der Waals surface area contributed by atoms with Gasteiger partial charge in [-0.05, 0) is 24.3 Å². The summed E-state index contributed by atoms with van der Waals surface area (Å²) in [5.41, 5.74) is 0.629. The molecule has 7 heteroatoms. The van der Waals surface area contributed by atoms with E-state index in [1.54, 1.807) is 36.4 Å². The summed E-state index contributed by atoms with van der Waals surface area (Å²) in [5, 5.41) is 5.37. The topological polar surface area (TPSA) is 81.3 Å². The van der Waals surface area contributed by atoms with Crippen LogP contribution in [0.15, 0.2) is 52.2 Å². The van der Waals surface area contributed by atoms with E-state index >= 15 is 0 Å². The van der Waals surface area contributed by atoms with Crippen LogP contribution in [0.25, 0.3) is 0 Å². The highest BCUT2D eigenvalue weighted by Crippen LogP contribution is 2.32. The standard InChI is InChI=1S/C16H14N2O5/c1-10(19)18-16(23-15(17-18)14-7-4-8-21-14)12-5-3-6-13(9-12)22-11(2)20/h3-9,16H,1-2H3. The van der Waals surface area contributed by atoms with Gasteiger partial charge in [0.05, 0.1) is 6.26 Å². The van der Waals surface area contributed by atoms with Crippen LogP contribution in [0.4, 0.5) is 0 Å². The smallest absolute Gasteiger partial charge is 0.308 e. The molecule has 0 aliphatic carbocycles. The van der Waals surface area contributed by atoms with Crippen molar-refractivity contribution in [2.24, 2.45) is 5.10 Å². The molecular formula is C16H14N2O5. The zero-order chi connectivity index (χ0) is 16.4. The molecule has 2 heterocycles. The zero-order valence-electron chi connectivity index (χ0n) is 12.6. The fraction of sp³-hybridized carbons (Fsp3) is 0.188. The second-order valence-electron chi connectivity index (χ2n) is 4.88. The number of carbonyl (C=O) groups excluding carboxylic acids is 2. The van der Waals surface area contributed by atoms with Crippen molar-refractivity contribution in [3.05, 3.63) is 54.0 Å². The molecule has 0 N–H and O–H groups in total. The molecule has 1 aromatic heterocycles. The Balaban J connectivity index is 1.90. The maximum Gasteiger partial charge on any atom is 0.308 e. The molecule has 0 saturated carbocycles. The molecule has 1 aliphatic rings. The minimum Gasteiger partial charge on any atom is -0.459 e. The van der Waals surface area contributed by atoms with Gasteiger partial charge in [-0.25, -0.2) is 0 Å². The monoisotopic (exact) mass is 314 g/mol. The highest BCUT2D eigenvalue weighted by atomic mass is 16.5. The number of hydrogen-bond acceptors (Lipinski definition) is 6. The van der Waals surface area contributed by atoms with Crippen LogP contribution in [0, 0.1) is 0 Å². The van der Waals surface area contributed by atoms with E-state index in [1.807, 2.05) is 0 Å². The van der Waals surface area contributed by atoms with Crippen molar-refractivity contribution in [2.75, 3.05) is 0 Å². The molecule has 2 aromatic rings. The van der Waals surface area contributed by atoms with Crippen LogP contribution in [0.3, 0.4) is 0 Å². The zero-order valence-corrected chi connectivity index (χ0v) is 12.6. The van der Waals surface area contributed by atoms with Crippen LogP contribution in [-0.2, 0) is 14.3 Å². The molecule has 1 aliphatic heterocycles. The Morgan fingerprint density at radius 2 is 2.04 bits per heavy atom. The van der Waals surface area contributed by atoms with Gasteiger partial charge in [0, 0.05) is 19.4 Å². The Labute approximate surface area is 132 Å². The summed E-state index contributed by atoms with van der Waals surface area (Å²) in [7, 11) is 0. The molecule has 0 saturated heterocycles. The number of amides is 1. The Hall–Kier alpha value is -3.09. The first kappa shape index (κ1) is 14.8. The number of ether oxygens (including phenoxy) is 2. The fourth-order valence-electron chi connectivity index (χ4n) is 2.18. The number of furan rings is 1. The summed E-state index contributed by atoms with van der Waals surface area (Å²) in [5.74, 6) is 0.302. The van der Waals surface area contributed by atoms with Gasteiger partial charge >= 0.3 is 5.97 Å². The van der Waals surface area contributed by atoms with Gasteiger partial charge in [-0.15, -0.1) is 5.10 Å². The summed E-state index contributed by atoms with van der Waals surface area (Å²) in [6, 6.07) is 10.1. The van der Waals surface area contributed by atoms with Crippen molar-refractivity contribution in [1.29, 1.82) is 0 Å². The number of hydrazone groups is 1. The maximum atomic E-state index is 11.8. The van der Waals surface area contributed by atoms with Gasteiger partial charge in [0.15, 0.2) is 5.76 Å². The Morgan fingerprint density at radius 3 is 2.70 bits per heavy atom. The van der Waals surface area contributed by atoms with E-state index in [1.165, 1.54) is 25.1 Å². The summed E-state index contributed by atoms with van der Waals surface area (Å²) in [4.78, 5) is 22.9. The molecule has 23 heavy (non-hydrogen) atoms. The molecule has 7 nitrogen and oxygen atoms in total. The predicted molar refractivity (Wildman–Crippen MR) is 79.3 cm³/mol. The molecule has 3 rings (SSSR count).